The minimum Gasteiger partial charge on any atom is -0.507 e. The first-order valence-electron chi connectivity index (χ1n) is 12.2. The van der Waals surface area contributed by atoms with Crippen LogP contribution in [0.3, 0.4) is 0 Å². The lowest BCUT2D eigenvalue weighted by Gasteiger charge is -2.27. The Morgan fingerprint density at radius 2 is 1.49 bits per heavy atom. The highest BCUT2D eigenvalue weighted by Gasteiger charge is 2.47. The van der Waals surface area contributed by atoms with Crippen molar-refractivity contribution >= 4 is 33.9 Å². The Kier molecular flexibility index (Phi) is 6.08. The van der Waals surface area contributed by atoms with Crippen LogP contribution in [0.4, 0.5) is 5.69 Å². The van der Waals surface area contributed by atoms with Gasteiger partial charge >= 0.3 is 0 Å². The minimum absolute atomic E-state index is 0.0565. The number of aliphatic hydroxyl groups excluding tert-OH is 1. The summed E-state index contributed by atoms with van der Waals surface area (Å²) >= 11 is 0. The lowest BCUT2D eigenvalue weighted by molar-refractivity contribution is -0.132. The van der Waals surface area contributed by atoms with Crippen LogP contribution in [0.1, 0.15) is 43.5 Å². The first kappa shape index (κ1) is 24.3. The third kappa shape index (κ3) is 4.27. The Morgan fingerprint density at radius 3 is 2.14 bits per heavy atom. The van der Waals surface area contributed by atoms with Gasteiger partial charge in [-0.25, -0.2) is 0 Å². The third-order valence-electron chi connectivity index (χ3n) is 6.93. The van der Waals surface area contributed by atoms with Gasteiger partial charge in [0.1, 0.15) is 11.5 Å². The highest BCUT2D eigenvalue weighted by atomic mass is 16.5. The van der Waals surface area contributed by atoms with E-state index in [4.69, 9.17) is 4.74 Å². The molecule has 1 atom stereocenters. The molecule has 0 bridgehead atoms. The molecule has 1 N–H and O–H groups in total. The van der Waals surface area contributed by atoms with E-state index in [1.807, 2.05) is 66.7 Å². The molecule has 1 saturated heterocycles. The Bertz CT molecular complexity index is 1520. The van der Waals surface area contributed by atoms with E-state index in [-0.39, 0.29) is 16.7 Å². The molecule has 1 fully saturated rings. The van der Waals surface area contributed by atoms with Crippen molar-refractivity contribution in [3.63, 3.8) is 0 Å². The molecule has 37 heavy (non-hydrogen) atoms. The molecule has 186 valence electrons. The summed E-state index contributed by atoms with van der Waals surface area (Å²) in [5.74, 6) is -0.974. The molecule has 1 amide bonds. The molecule has 0 spiro atoms. The lowest BCUT2D eigenvalue weighted by Crippen LogP contribution is -2.29. The minimum atomic E-state index is -0.790. The van der Waals surface area contributed by atoms with Crippen molar-refractivity contribution in [3.05, 3.63) is 113 Å². The fourth-order valence-corrected chi connectivity index (χ4v) is 4.88. The monoisotopic (exact) mass is 491 g/mol. The average Bonchev–Trinajstić information content (AvgIpc) is 3.17. The van der Waals surface area contributed by atoms with Gasteiger partial charge in [-0.1, -0.05) is 81.4 Å². The van der Waals surface area contributed by atoms with Crippen LogP contribution >= 0.6 is 0 Å². The zero-order chi connectivity index (χ0) is 26.3. The summed E-state index contributed by atoms with van der Waals surface area (Å²) < 4.78 is 5.23. The number of nitrogens with zero attached hydrogens (tertiary/aromatic N) is 1. The van der Waals surface area contributed by atoms with Crippen molar-refractivity contribution < 1.29 is 19.4 Å². The predicted molar refractivity (Wildman–Crippen MR) is 147 cm³/mol. The van der Waals surface area contributed by atoms with Crippen LogP contribution in [-0.2, 0) is 15.0 Å². The number of fused-ring (bicyclic) bond motifs is 1. The molecule has 5 rings (SSSR count). The van der Waals surface area contributed by atoms with Gasteiger partial charge in [-0.3, -0.25) is 14.5 Å². The van der Waals surface area contributed by atoms with E-state index in [2.05, 4.69) is 20.8 Å². The van der Waals surface area contributed by atoms with Crippen LogP contribution in [0, 0.1) is 0 Å². The second-order valence-corrected chi connectivity index (χ2v) is 10.3. The number of benzene rings is 4. The van der Waals surface area contributed by atoms with E-state index >= 15 is 0 Å². The van der Waals surface area contributed by atoms with Crippen LogP contribution in [0.25, 0.3) is 16.5 Å². The van der Waals surface area contributed by atoms with Gasteiger partial charge in [-0.2, -0.15) is 0 Å². The lowest BCUT2D eigenvalue weighted by atomic mass is 9.85. The number of Topliss-reactive ketones (excluding diaryl/α,β-unsaturated/α-hetero) is 1. The number of carbonyl (C=O) groups excluding carboxylic acids is 2. The topological polar surface area (TPSA) is 66.8 Å². The van der Waals surface area contributed by atoms with Gasteiger partial charge in [0, 0.05) is 10.9 Å². The molecule has 1 aliphatic heterocycles. The summed E-state index contributed by atoms with van der Waals surface area (Å²) in [6.07, 6.45) is 0. The number of ketones is 1. The average molecular weight is 492 g/mol. The molecule has 0 aliphatic carbocycles. The third-order valence-corrected chi connectivity index (χ3v) is 6.93. The zero-order valence-corrected chi connectivity index (χ0v) is 21.4. The van der Waals surface area contributed by atoms with Gasteiger partial charge in [-0.15, -0.1) is 0 Å². The van der Waals surface area contributed by atoms with E-state index in [0.29, 0.717) is 17.0 Å². The molecule has 0 radical (unpaired) electrons. The van der Waals surface area contributed by atoms with Crippen LogP contribution in [0.5, 0.6) is 5.75 Å². The standard InChI is InChI=1S/C32H29NO4/c1-32(2,3)23-16-12-21(13-17-23)28-27(29(34)22-14-18-24(37-4)19-15-22)30(35)31(36)33(28)26-11-7-9-20-8-5-6-10-25(20)26/h5-19,28,34H,1-4H3/b29-27+. The van der Waals surface area contributed by atoms with E-state index in [9.17, 15) is 14.7 Å². The Hall–Kier alpha value is -4.38. The van der Waals surface area contributed by atoms with Gasteiger partial charge in [0.15, 0.2) is 0 Å². The van der Waals surface area contributed by atoms with Crippen molar-refractivity contribution in [3.8, 4) is 5.75 Å². The summed E-state index contributed by atoms with van der Waals surface area (Å²) in [5.41, 5.74) is 2.95. The number of rotatable bonds is 4. The second-order valence-electron chi connectivity index (χ2n) is 10.3. The van der Waals surface area contributed by atoms with Crippen LogP contribution in [-0.4, -0.2) is 23.9 Å². The van der Waals surface area contributed by atoms with Crippen LogP contribution in [0.15, 0.2) is 96.6 Å². The fourth-order valence-electron chi connectivity index (χ4n) is 4.88. The number of ether oxygens (including phenoxy) is 1. The molecule has 5 nitrogen and oxygen atoms in total. The van der Waals surface area contributed by atoms with Crippen molar-refractivity contribution in [1.82, 2.24) is 0 Å². The first-order chi connectivity index (χ1) is 17.7. The molecule has 1 heterocycles. The van der Waals surface area contributed by atoms with Crippen molar-refractivity contribution in [1.29, 1.82) is 0 Å². The summed E-state index contributed by atoms with van der Waals surface area (Å²) in [5, 5.41) is 13.2. The van der Waals surface area contributed by atoms with Crippen molar-refractivity contribution in [2.24, 2.45) is 0 Å². The molecular weight excluding hydrogens is 462 g/mol. The number of carbonyl (C=O) groups is 2. The zero-order valence-electron chi connectivity index (χ0n) is 21.4. The van der Waals surface area contributed by atoms with Gasteiger partial charge in [0.25, 0.3) is 11.7 Å². The highest BCUT2D eigenvalue weighted by Crippen LogP contribution is 2.44. The van der Waals surface area contributed by atoms with Crippen molar-refractivity contribution in [2.75, 3.05) is 12.0 Å². The molecule has 4 aromatic rings. The molecule has 1 unspecified atom stereocenters. The van der Waals surface area contributed by atoms with E-state index in [0.717, 1.165) is 21.9 Å². The molecular formula is C32H29NO4. The van der Waals surface area contributed by atoms with Gasteiger partial charge < -0.3 is 9.84 Å². The molecule has 1 aliphatic rings. The number of amides is 1. The quantitative estimate of drug-likeness (QED) is 0.194. The van der Waals surface area contributed by atoms with Crippen LogP contribution in [0.2, 0.25) is 0 Å². The number of hydrogen-bond acceptors (Lipinski definition) is 4. The SMILES string of the molecule is COc1ccc(/C(O)=C2\C(=O)C(=O)N(c3cccc4ccccc34)C2c2ccc(C(C)(C)C)cc2)cc1. The van der Waals surface area contributed by atoms with E-state index in [1.54, 1.807) is 31.4 Å². The first-order valence-corrected chi connectivity index (χ1v) is 12.2. The Balaban J connectivity index is 1.74. The summed E-state index contributed by atoms with van der Waals surface area (Å²) in [7, 11) is 1.56. The molecule has 0 aromatic heterocycles. The largest absolute Gasteiger partial charge is 0.507 e. The fraction of sp³-hybridized carbons (Fsp3) is 0.188. The maximum absolute atomic E-state index is 13.6. The van der Waals surface area contributed by atoms with Crippen LogP contribution < -0.4 is 9.64 Å². The number of aliphatic hydroxyl groups is 1. The molecule has 4 aromatic carbocycles. The summed E-state index contributed by atoms with van der Waals surface area (Å²) in [6, 6.07) is 27.4. The Labute approximate surface area is 216 Å². The van der Waals surface area contributed by atoms with Gasteiger partial charge in [0.2, 0.25) is 0 Å². The number of anilines is 1. The smallest absolute Gasteiger partial charge is 0.300 e. The summed E-state index contributed by atoms with van der Waals surface area (Å²) in [4.78, 5) is 28.7. The van der Waals surface area contributed by atoms with E-state index in [1.165, 1.54) is 4.90 Å². The van der Waals surface area contributed by atoms with Gasteiger partial charge in [0.05, 0.1) is 24.4 Å². The summed E-state index contributed by atoms with van der Waals surface area (Å²) in [6.45, 7) is 6.40. The van der Waals surface area contributed by atoms with Gasteiger partial charge in [-0.05, 0) is 52.3 Å². The number of hydrogen-bond donors (Lipinski definition) is 1. The van der Waals surface area contributed by atoms with E-state index < -0.39 is 17.7 Å². The van der Waals surface area contributed by atoms with Crippen molar-refractivity contribution in [2.45, 2.75) is 32.2 Å². The maximum Gasteiger partial charge on any atom is 0.300 e. The predicted octanol–water partition coefficient (Wildman–Crippen LogP) is 6.77. The molecule has 0 saturated carbocycles. The normalized spacial score (nSPS) is 17.4. The number of methoxy groups -OCH3 is 1. The second kappa shape index (κ2) is 9.25. The maximum atomic E-state index is 13.6. The Morgan fingerprint density at radius 1 is 0.838 bits per heavy atom. The molecule has 5 heteroatoms. The highest BCUT2D eigenvalue weighted by molar-refractivity contribution is 6.52.